The summed E-state index contributed by atoms with van der Waals surface area (Å²) in [6, 6.07) is 17.3. The molecular formula is C25H18Cl2N2O5. The maximum Gasteiger partial charge on any atom is 0.338 e. The molecule has 0 saturated carbocycles. The molecule has 0 aliphatic carbocycles. The molecule has 9 heteroatoms. The number of esters is 1. The van der Waals surface area contributed by atoms with Gasteiger partial charge in [0.1, 0.15) is 0 Å². The third kappa shape index (κ3) is 4.66. The lowest BCUT2D eigenvalue weighted by Gasteiger charge is -2.22. The van der Waals surface area contributed by atoms with E-state index in [2.05, 4.69) is 5.32 Å². The van der Waals surface area contributed by atoms with Crippen LogP contribution in [-0.2, 0) is 9.53 Å². The average molecular weight is 497 g/mol. The maximum absolute atomic E-state index is 13.0. The highest BCUT2D eigenvalue weighted by Gasteiger charge is 2.39. The lowest BCUT2D eigenvalue weighted by atomic mass is 10.1. The molecular weight excluding hydrogens is 479 g/mol. The Morgan fingerprint density at radius 1 is 0.941 bits per heavy atom. The molecule has 1 aliphatic rings. The van der Waals surface area contributed by atoms with E-state index in [0.717, 1.165) is 5.56 Å². The molecule has 0 bridgehead atoms. The highest BCUT2D eigenvalue weighted by atomic mass is 35.5. The first-order valence-electron chi connectivity index (χ1n) is 10.2. The maximum atomic E-state index is 13.0. The van der Waals surface area contributed by atoms with Gasteiger partial charge in [0.15, 0.2) is 6.61 Å². The summed E-state index contributed by atoms with van der Waals surface area (Å²) in [6.07, 6.45) is 0. The number of imide groups is 1. The van der Waals surface area contributed by atoms with E-state index in [9.17, 15) is 19.2 Å². The number of fused-ring (bicyclic) bond motifs is 1. The van der Waals surface area contributed by atoms with Crippen molar-refractivity contribution in [2.45, 2.75) is 13.0 Å². The second-order valence-corrected chi connectivity index (χ2v) is 8.42. The van der Waals surface area contributed by atoms with Crippen LogP contribution in [0.15, 0.2) is 66.7 Å². The highest BCUT2D eigenvalue weighted by molar-refractivity contribution is 6.36. The first-order valence-corrected chi connectivity index (χ1v) is 11.0. The van der Waals surface area contributed by atoms with Crippen LogP contribution < -0.4 is 5.32 Å². The number of hydrogen-bond donors (Lipinski definition) is 1. The summed E-state index contributed by atoms with van der Waals surface area (Å²) < 4.78 is 5.06. The van der Waals surface area contributed by atoms with Crippen molar-refractivity contribution >= 4 is 52.6 Å². The van der Waals surface area contributed by atoms with Crippen molar-refractivity contribution in [2.24, 2.45) is 0 Å². The number of rotatable bonds is 6. The molecule has 4 rings (SSSR count). The minimum absolute atomic E-state index is 0.0476. The number of benzene rings is 3. The fourth-order valence-electron chi connectivity index (χ4n) is 3.61. The van der Waals surface area contributed by atoms with Gasteiger partial charge < -0.3 is 10.1 Å². The second kappa shape index (κ2) is 9.67. The van der Waals surface area contributed by atoms with E-state index in [4.69, 9.17) is 27.9 Å². The minimum Gasteiger partial charge on any atom is -0.452 e. The van der Waals surface area contributed by atoms with Gasteiger partial charge in [0, 0.05) is 5.02 Å². The zero-order valence-electron chi connectivity index (χ0n) is 17.9. The molecule has 0 saturated heterocycles. The molecule has 3 aromatic rings. The molecule has 0 fully saturated rings. The van der Waals surface area contributed by atoms with Gasteiger partial charge in [-0.2, -0.15) is 0 Å². The van der Waals surface area contributed by atoms with E-state index in [1.165, 1.54) is 35.2 Å². The van der Waals surface area contributed by atoms with E-state index in [0.29, 0.717) is 10.7 Å². The summed E-state index contributed by atoms with van der Waals surface area (Å²) in [5.74, 6) is -2.35. The highest BCUT2D eigenvalue weighted by Crippen LogP contribution is 2.32. The van der Waals surface area contributed by atoms with E-state index in [-0.39, 0.29) is 21.7 Å². The summed E-state index contributed by atoms with van der Waals surface area (Å²) in [4.78, 5) is 51.6. The van der Waals surface area contributed by atoms with Crippen LogP contribution >= 0.6 is 23.2 Å². The Labute approximate surface area is 205 Å². The number of carbonyl (C=O) groups excluding carboxylic acids is 4. The smallest absolute Gasteiger partial charge is 0.338 e. The fraction of sp³-hybridized carbons (Fsp3) is 0.120. The number of carbonyl (C=O) groups is 4. The number of ether oxygens (including phenoxy) is 1. The van der Waals surface area contributed by atoms with Crippen molar-refractivity contribution in [1.29, 1.82) is 0 Å². The number of nitrogens with zero attached hydrogens (tertiary/aromatic N) is 1. The molecule has 3 aromatic carbocycles. The van der Waals surface area contributed by atoms with Crippen LogP contribution in [0.2, 0.25) is 10.0 Å². The molecule has 34 heavy (non-hydrogen) atoms. The fourth-order valence-corrected chi connectivity index (χ4v) is 4.07. The van der Waals surface area contributed by atoms with Crippen molar-refractivity contribution in [1.82, 2.24) is 4.90 Å². The molecule has 172 valence electrons. The average Bonchev–Trinajstić information content (AvgIpc) is 3.08. The molecule has 7 nitrogen and oxygen atoms in total. The molecule has 1 N–H and O–H groups in total. The van der Waals surface area contributed by atoms with Gasteiger partial charge in [-0.15, -0.1) is 0 Å². The van der Waals surface area contributed by atoms with Gasteiger partial charge in [-0.05, 0) is 48.9 Å². The van der Waals surface area contributed by atoms with Gasteiger partial charge in [0.25, 0.3) is 17.7 Å². The van der Waals surface area contributed by atoms with Crippen LogP contribution in [0.4, 0.5) is 5.69 Å². The van der Waals surface area contributed by atoms with Crippen LogP contribution in [0.1, 0.15) is 49.6 Å². The Kier molecular flexibility index (Phi) is 6.68. The van der Waals surface area contributed by atoms with Crippen molar-refractivity contribution in [2.75, 3.05) is 11.9 Å². The third-order valence-electron chi connectivity index (χ3n) is 5.36. The molecule has 0 unspecified atom stereocenters. The van der Waals surface area contributed by atoms with E-state index in [1.54, 1.807) is 13.0 Å². The summed E-state index contributed by atoms with van der Waals surface area (Å²) in [7, 11) is 0. The van der Waals surface area contributed by atoms with Crippen LogP contribution in [-0.4, -0.2) is 35.2 Å². The van der Waals surface area contributed by atoms with E-state index >= 15 is 0 Å². The lowest BCUT2D eigenvalue weighted by molar-refractivity contribution is -0.119. The summed E-state index contributed by atoms with van der Waals surface area (Å²) >= 11 is 11.8. The van der Waals surface area contributed by atoms with Crippen molar-refractivity contribution < 1.29 is 23.9 Å². The molecule has 1 aliphatic heterocycles. The predicted octanol–water partition coefficient (Wildman–Crippen LogP) is 5.15. The number of halogens is 2. The normalized spacial score (nSPS) is 13.4. The molecule has 0 aromatic heterocycles. The molecule has 1 atom stereocenters. The zero-order chi connectivity index (χ0) is 24.4. The Morgan fingerprint density at radius 2 is 1.65 bits per heavy atom. The van der Waals surface area contributed by atoms with E-state index in [1.807, 2.05) is 30.3 Å². The van der Waals surface area contributed by atoms with E-state index < -0.39 is 36.3 Å². The third-order valence-corrected chi connectivity index (χ3v) is 5.91. The lowest BCUT2D eigenvalue weighted by Crippen LogP contribution is -2.32. The van der Waals surface area contributed by atoms with Gasteiger partial charge in [-0.1, -0.05) is 53.5 Å². The molecule has 0 radical (unpaired) electrons. The number of amides is 3. The summed E-state index contributed by atoms with van der Waals surface area (Å²) in [6.45, 7) is 1.19. The number of hydrogen-bond acceptors (Lipinski definition) is 5. The number of anilines is 1. The predicted molar refractivity (Wildman–Crippen MR) is 127 cm³/mol. The first kappa shape index (κ1) is 23.5. The van der Waals surface area contributed by atoms with Crippen molar-refractivity contribution in [3.05, 3.63) is 99.0 Å². The SMILES string of the molecule is C[C@@H](c1ccccc1)N1C(=O)c2ccc(C(=O)OCC(=O)Nc3ccc(Cl)cc3Cl)cc2C1=O. The summed E-state index contributed by atoms with van der Waals surface area (Å²) in [5, 5.41) is 3.17. The number of nitrogens with one attached hydrogen (secondary N) is 1. The van der Waals surface area contributed by atoms with Gasteiger partial charge in [0.05, 0.1) is 33.4 Å². The van der Waals surface area contributed by atoms with Gasteiger partial charge >= 0.3 is 5.97 Å². The van der Waals surface area contributed by atoms with Crippen molar-refractivity contribution in [3.63, 3.8) is 0 Å². The Balaban J connectivity index is 1.44. The molecule has 3 amide bonds. The second-order valence-electron chi connectivity index (χ2n) is 7.58. The van der Waals surface area contributed by atoms with Gasteiger partial charge in [-0.3, -0.25) is 19.3 Å². The Bertz CT molecular complexity index is 1310. The molecule has 0 spiro atoms. The zero-order valence-corrected chi connectivity index (χ0v) is 19.4. The summed E-state index contributed by atoms with van der Waals surface area (Å²) in [5.41, 5.74) is 1.50. The first-order chi connectivity index (χ1) is 16.3. The van der Waals surface area contributed by atoms with Crippen LogP contribution in [0.5, 0.6) is 0 Å². The topological polar surface area (TPSA) is 92.8 Å². The van der Waals surface area contributed by atoms with Crippen LogP contribution in [0.25, 0.3) is 0 Å². The van der Waals surface area contributed by atoms with Gasteiger partial charge in [0.2, 0.25) is 0 Å². The molecule has 1 heterocycles. The van der Waals surface area contributed by atoms with Crippen LogP contribution in [0.3, 0.4) is 0 Å². The monoisotopic (exact) mass is 496 g/mol. The van der Waals surface area contributed by atoms with Crippen LogP contribution in [0, 0.1) is 0 Å². The minimum atomic E-state index is -0.810. The Hall–Kier alpha value is -3.68. The quantitative estimate of drug-likeness (QED) is 0.376. The Morgan fingerprint density at radius 3 is 2.35 bits per heavy atom. The largest absolute Gasteiger partial charge is 0.452 e. The van der Waals surface area contributed by atoms with Gasteiger partial charge in [-0.25, -0.2) is 4.79 Å². The van der Waals surface area contributed by atoms with Crippen molar-refractivity contribution in [3.8, 4) is 0 Å². The standard InChI is InChI=1S/C25H18Cl2N2O5/c1-14(15-5-3-2-4-6-15)29-23(31)18-9-7-16(11-19(18)24(29)32)25(33)34-13-22(30)28-21-10-8-17(26)12-20(21)27/h2-12,14H,13H2,1H3,(H,28,30)/t14-/m0/s1.